The molecule has 1 aromatic heterocycles. The minimum absolute atomic E-state index is 0.102. The van der Waals surface area contributed by atoms with Crippen molar-refractivity contribution < 1.29 is 4.79 Å². The predicted octanol–water partition coefficient (Wildman–Crippen LogP) is 4.14. The van der Waals surface area contributed by atoms with Crippen LogP contribution in [0, 0.1) is 30.1 Å². The molecule has 2 aliphatic heterocycles. The van der Waals surface area contributed by atoms with E-state index in [4.69, 9.17) is 12.2 Å². The van der Waals surface area contributed by atoms with Crippen molar-refractivity contribution in [2.45, 2.75) is 54.0 Å². The Bertz CT molecular complexity index is 1030. The smallest absolute Gasteiger partial charge is 0.270 e. The van der Waals surface area contributed by atoms with E-state index >= 15 is 0 Å². The summed E-state index contributed by atoms with van der Waals surface area (Å²) in [7, 11) is 0. The maximum atomic E-state index is 13.1. The van der Waals surface area contributed by atoms with Crippen molar-refractivity contribution >= 4 is 46.1 Å². The fourth-order valence-electron chi connectivity index (χ4n) is 4.66. The van der Waals surface area contributed by atoms with Crippen LogP contribution in [0.1, 0.15) is 57.2 Å². The highest BCUT2D eigenvalue weighted by atomic mass is 32.2. The van der Waals surface area contributed by atoms with Crippen LogP contribution in [-0.2, 0) is 11.3 Å². The lowest BCUT2D eigenvalue weighted by molar-refractivity contribution is -0.122. The standard InChI is InChI=1S/C23H30N4O2S2/c1-6-8-27-22(29)19(31-23(27)30)10-17-16(5)18(11-24)21(28)26(7-2)20(17)25-12-14(3)9-15(4)13-25/h10,14-15H,6-9,12-13H2,1-5H3/b19-10-. The molecule has 0 N–H and O–H groups in total. The van der Waals surface area contributed by atoms with Gasteiger partial charge >= 0.3 is 0 Å². The van der Waals surface area contributed by atoms with Gasteiger partial charge in [0.25, 0.3) is 11.5 Å². The van der Waals surface area contributed by atoms with Gasteiger partial charge in [-0.15, -0.1) is 0 Å². The lowest BCUT2D eigenvalue weighted by Gasteiger charge is -2.38. The number of nitrogens with zero attached hydrogens (tertiary/aromatic N) is 4. The first-order chi connectivity index (χ1) is 14.7. The summed E-state index contributed by atoms with van der Waals surface area (Å²) in [6, 6.07) is 2.09. The zero-order valence-electron chi connectivity index (χ0n) is 18.9. The molecule has 0 radical (unpaired) electrons. The second-order valence-electron chi connectivity index (χ2n) is 8.58. The second-order valence-corrected chi connectivity index (χ2v) is 10.3. The third-order valence-corrected chi connectivity index (χ3v) is 7.31. The number of anilines is 1. The number of carbonyl (C=O) groups excluding carboxylic acids is 1. The van der Waals surface area contributed by atoms with Crippen LogP contribution in [0.25, 0.3) is 6.08 Å². The summed E-state index contributed by atoms with van der Waals surface area (Å²) in [5.74, 6) is 1.70. The molecule has 31 heavy (non-hydrogen) atoms. The van der Waals surface area contributed by atoms with Crippen molar-refractivity contribution in [3.05, 3.63) is 31.9 Å². The average molecular weight is 459 g/mol. The lowest BCUT2D eigenvalue weighted by Crippen LogP contribution is -2.42. The van der Waals surface area contributed by atoms with Gasteiger partial charge in [0.1, 0.15) is 21.8 Å². The van der Waals surface area contributed by atoms with Crippen molar-refractivity contribution in [2.75, 3.05) is 24.5 Å². The van der Waals surface area contributed by atoms with Crippen molar-refractivity contribution in [1.29, 1.82) is 5.26 Å². The van der Waals surface area contributed by atoms with Crippen LogP contribution in [0.15, 0.2) is 9.70 Å². The molecule has 1 aromatic rings. The van der Waals surface area contributed by atoms with E-state index in [0.29, 0.717) is 39.7 Å². The number of piperidine rings is 1. The molecular weight excluding hydrogens is 428 g/mol. The van der Waals surface area contributed by atoms with E-state index in [9.17, 15) is 14.9 Å². The molecule has 0 saturated carbocycles. The summed E-state index contributed by atoms with van der Waals surface area (Å²) in [5.41, 5.74) is 1.27. The average Bonchev–Trinajstić information content (AvgIpc) is 2.97. The minimum atomic E-state index is -0.265. The van der Waals surface area contributed by atoms with Crippen LogP contribution in [0.5, 0.6) is 0 Å². The summed E-state index contributed by atoms with van der Waals surface area (Å²) in [4.78, 5) is 30.5. The summed E-state index contributed by atoms with van der Waals surface area (Å²) in [6.07, 6.45) is 3.82. The zero-order chi connectivity index (χ0) is 22.9. The monoisotopic (exact) mass is 458 g/mol. The third-order valence-electron chi connectivity index (χ3n) is 5.93. The largest absolute Gasteiger partial charge is 0.357 e. The molecular formula is C23H30N4O2S2. The van der Waals surface area contributed by atoms with Gasteiger partial charge in [0.2, 0.25) is 0 Å². The van der Waals surface area contributed by atoms with Gasteiger partial charge in [-0.3, -0.25) is 19.1 Å². The summed E-state index contributed by atoms with van der Waals surface area (Å²) < 4.78 is 2.25. The molecule has 3 rings (SSSR count). The number of carbonyl (C=O) groups is 1. The van der Waals surface area contributed by atoms with E-state index in [2.05, 4.69) is 24.8 Å². The highest BCUT2D eigenvalue weighted by Crippen LogP contribution is 2.37. The Morgan fingerprint density at radius 1 is 1.23 bits per heavy atom. The highest BCUT2D eigenvalue weighted by Gasteiger charge is 2.33. The van der Waals surface area contributed by atoms with Gasteiger partial charge in [0.05, 0.1) is 4.91 Å². The molecule has 0 spiro atoms. The molecule has 0 aromatic carbocycles. The number of aromatic nitrogens is 1. The fraction of sp³-hybridized carbons (Fsp3) is 0.565. The topological polar surface area (TPSA) is 69.3 Å². The van der Waals surface area contributed by atoms with Gasteiger partial charge in [0, 0.05) is 31.7 Å². The SMILES string of the molecule is CCCN1C(=O)/C(=C/c2c(C)c(C#N)c(=O)n(CC)c2N2CC(C)CC(C)C2)SC1=S. The van der Waals surface area contributed by atoms with Crippen LogP contribution >= 0.6 is 24.0 Å². The van der Waals surface area contributed by atoms with Crippen LogP contribution in [-0.4, -0.2) is 39.3 Å². The van der Waals surface area contributed by atoms with E-state index in [1.807, 2.05) is 19.9 Å². The number of hydrogen-bond acceptors (Lipinski definition) is 6. The Balaban J connectivity index is 2.24. The molecule has 0 aliphatic carbocycles. The van der Waals surface area contributed by atoms with Crippen LogP contribution < -0.4 is 10.5 Å². The maximum Gasteiger partial charge on any atom is 0.270 e. The second kappa shape index (κ2) is 9.58. The minimum Gasteiger partial charge on any atom is -0.357 e. The molecule has 3 heterocycles. The van der Waals surface area contributed by atoms with Gasteiger partial charge in [-0.05, 0) is 50.2 Å². The molecule has 166 valence electrons. The van der Waals surface area contributed by atoms with Gasteiger partial charge in [-0.1, -0.05) is 44.8 Å². The highest BCUT2D eigenvalue weighted by molar-refractivity contribution is 8.26. The first-order valence-electron chi connectivity index (χ1n) is 10.9. The molecule has 8 heteroatoms. The molecule has 2 unspecified atom stereocenters. The van der Waals surface area contributed by atoms with Crippen molar-refractivity contribution in [3.8, 4) is 6.07 Å². The summed E-state index contributed by atoms with van der Waals surface area (Å²) in [5, 5.41) is 9.70. The summed E-state index contributed by atoms with van der Waals surface area (Å²) >= 11 is 6.72. The number of hydrogen-bond donors (Lipinski definition) is 0. The molecule has 1 amide bonds. The number of thioether (sulfide) groups is 1. The lowest BCUT2D eigenvalue weighted by atomic mass is 9.91. The van der Waals surface area contributed by atoms with E-state index in [1.165, 1.54) is 11.8 Å². The Labute approximate surface area is 193 Å². The van der Waals surface area contributed by atoms with Gasteiger partial charge in [0.15, 0.2) is 0 Å². The first-order valence-corrected chi connectivity index (χ1v) is 12.1. The van der Waals surface area contributed by atoms with E-state index in [0.717, 1.165) is 37.3 Å². The van der Waals surface area contributed by atoms with Crippen molar-refractivity contribution in [1.82, 2.24) is 9.47 Å². The normalized spacial score (nSPS) is 23.0. The molecule has 0 bridgehead atoms. The molecule has 2 atom stereocenters. The third kappa shape index (κ3) is 4.44. The number of pyridine rings is 1. The van der Waals surface area contributed by atoms with Crippen molar-refractivity contribution in [2.24, 2.45) is 11.8 Å². The van der Waals surface area contributed by atoms with Gasteiger partial charge in [-0.2, -0.15) is 5.26 Å². The molecule has 2 aliphatic rings. The van der Waals surface area contributed by atoms with Crippen LogP contribution in [0.2, 0.25) is 0 Å². The van der Waals surface area contributed by atoms with Crippen molar-refractivity contribution in [3.63, 3.8) is 0 Å². The molecule has 2 saturated heterocycles. The Morgan fingerprint density at radius 3 is 2.42 bits per heavy atom. The van der Waals surface area contributed by atoms with Crippen LogP contribution in [0.4, 0.5) is 5.82 Å². The number of nitriles is 1. The maximum absolute atomic E-state index is 13.1. The zero-order valence-corrected chi connectivity index (χ0v) is 20.5. The Kier molecular flexibility index (Phi) is 7.28. The summed E-state index contributed by atoms with van der Waals surface area (Å²) in [6.45, 7) is 12.9. The predicted molar refractivity (Wildman–Crippen MR) is 131 cm³/mol. The van der Waals surface area contributed by atoms with Gasteiger partial charge < -0.3 is 4.90 Å². The Hall–Kier alpha value is -2.11. The van der Waals surface area contributed by atoms with Crippen LogP contribution in [0.3, 0.4) is 0 Å². The molecule has 6 nitrogen and oxygen atoms in total. The Morgan fingerprint density at radius 2 is 1.87 bits per heavy atom. The number of rotatable bonds is 5. The van der Waals surface area contributed by atoms with Gasteiger partial charge in [-0.25, -0.2) is 0 Å². The fourth-order valence-corrected chi connectivity index (χ4v) is 5.95. The van der Waals surface area contributed by atoms with E-state index in [1.54, 1.807) is 16.4 Å². The first kappa shape index (κ1) is 23.6. The molecule has 2 fully saturated rings. The number of thiocarbonyl (C=S) groups is 1. The number of amides is 1. The quantitative estimate of drug-likeness (QED) is 0.488. The van der Waals surface area contributed by atoms with E-state index in [-0.39, 0.29) is 17.0 Å². The van der Waals surface area contributed by atoms with E-state index < -0.39 is 0 Å².